The SMILES string of the molecule is CCCOc1c(F)ccc(Br)c1F. The third-order valence-electron chi connectivity index (χ3n) is 1.45. The monoisotopic (exact) mass is 250 g/mol. The molecule has 0 aromatic heterocycles. The van der Waals surface area contributed by atoms with Gasteiger partial charge >= 0.3 is 0 Å². The molecule has 1 nitrogen and oxygen atoms in total. The van der Waals surface area contributed by atoms with E-state index in [-0.39, 0.29) is 10.2 Å². The van der Waals surface area contributed by atoms with E-state index in [1.807, 2.05) is 6.92 Å². The van der Waals surface area contributed by atoms with Gasteiger partial charge in [-0.1, -0.05) is 6.92 Å². The van der Waals surface area contributed by atoms with Crippen molar-refractivity contribution in [1.29, 1.82) is 0 Å². The molecule has 0 heterocycles. The van der Waals surface area contributed by atoms with Crippen LogP contribution in [-0.2, 0) is 0 Å². The minimum Gasteiger partial charge on any atom is -0.488 e. The van der Waals surface area contributed by atoms with Crippen LogP contribution >= 0.6 is 15.9 Å². The zero-order valence-corrected chi connectivity index (χ0v) is 8.70. The first kappa shape index (κ1) is 10.4. The molecule has 72 valence electrons. The van der Waals surface area contributed by atoms with Crippen LogP contribution in [0.4, 0.5) is 8.78 Å². The number of benzene rings is 1. The van der Waals surface area contributed by atoms with Crippen molar-refractivity contribution in [3.63, 3.8) is 0 Å². The highest BCUT2D eigenvalue weighted by molar-refractivity contribution is 9.10. The van der Waals surface area contributed by atoms with Gasteiger partial charge in [-0.3, -0.25) is 0 Å². The summed E-state index contributed by atoms with van der Waals surface area (Å²) in [5.41, 5.74) is 0. The predicted molar refractivity (Wildman–Crippen MR) is 49.8 cm³/mol. The minimum absolute atomic E-state index is 0.208. The fraction of sp³-hybridized carbons (Fsp3) is 0.333. The molecule has 0 N–H and O–H groups in total. The molecule has 0 spiro atoms. The summed E-state index contributed by atoms with van der Waals surface area (Å²) in [5, 5.41) is 0. The van der Waals surface area contributed by atoms with Crippen molar-refractivity contribution in [2.24, 2.45) is 0 Å². The lowest BCUT2D eigenvalue weighted by molar-refractivity contribution is 0.284. The summed E-state index contributed by atoms with van der Waals surface area (Å²) in [6.45, 7) is 2.18. The molecular formula is C9H9BrF2O. The average molecular weight is 251 g/mol. The Morgan fingerprint density at radius 1 is 1.38 bits per heavy atom. The molecule has 13 heavy (non-hydrogen) atoms. The van der Waals surface area contributed by atoms with Gasteiger partial charge < -0.3 is 4.74 Å². The number of ether oxygens (including phenoxy) is 1. The van der Waals surface area contributed by atoms with E-state index in [1.165, 1.54) is 6.07 Å². The number of hydrogen-bond donors (Lipinski definition) is 0. The normalized spacial score (nSPS) is 10.2. The molecule has 0 saturated heterocycles. The summed E-state index contributed by atoms with van der Waals surface area (Å²) < 4.78 is 31.3. The molecule has 1 rings (SSSR count). The van der Waals surface area contributed by atoms with E-state index in [9.17, 15) is 8.78 Å². The molecule has 0 aliphatic heterocycles. The molecule has 0 fully saturated rings. The smallest absolute Gasteiger partial charge is 0.191 e. The maximum absolute atomic E-state index is 13.2. The molecule has 0 bridgehead atoms. The van der Waals surface area contributed by atoms with Gasteiger partial charge in [0.2, 0.25) is 0 Å². The Hall–Kier alpha value is -0.640. The molecule has 0 unspecified atom stereocenters. The Morgan fingerprint density at radius 3 is 2.69 bits per heavy atom. The van der Waals surface area contributed by atoms with Crippen molar-refractivity contribution in [1.82, 2.24) is 0 Å². The van der Waals surface area contributed by atoms with E-state index in [0.29, 0.717) is 13.0 Å². The summed E-state index contributed by atoms with van der Waals surface area (Å²) in [7, 11) is 0. The van der Waals surface area contributed by atoms with Gasteiger partial charge in [0.25, 0.3) is 0 Å². The molecule has 0 atom stereocenters. The van der Waals surface area contributed by atoms with Crippen LogP contribution in [0, 0.1) is 11.6 Å². The van der Waals surface area contributed by atoms with E-state index in [2.05, 4.69) is 15.9 Å². The van der Waals surface area contributed by atoms with Crippen LogP contribution in [0.5, 0.6) is 5.75 Å². The largest absolute Gasteiger partial charge is 0.488 e. The second-order valence-electron chi connectivity index (χ2n) is 2.52. The molecule has 0 radical (unpaired) electrons. The fourth-order valence-electron chi connectivity index (χ4n) is 0.845. The topological polar surface area (TPSA) is 9.23 Å². The Morgan fingerprint density at radius 2 is 2.08 bits per heavy atom. The number of rotatable bonds is 3. The van der Waals surface area contributed by atoms with Crippen molar-refractivity contribution >= 4 is 15.9 Å². The van der Waals surface area contributed by atoms with E-state index in [0.717, 1.165) is 6.07 Å². The van der Waals surface area contributed by atoms with Gasteiger partial charge in [-0.25, -0.2) is 8.78 Å². The summed E-state index contributed by atoms with van der Waals surface area (Å²) in [5.74, 6) is -1.67. The number of halogens is 3. The van der Waals surface area contributed by atoms with Gasteiger partial charge in [-0.2, -0.15) is 0 Å². The van der Waals surface area contributed by atoms with Crippen LogP contribution in [0.25, 0.3) is 0 Å². The second kappa shape index (κ2) is 4.56. The highest BCUT2D eigenvalue weighted by Crippen LogP contribution is 2.27. The Balaban J connectivity index is 2.96. The maximum Gasteiger partial charge on any atom is 0.191 e. The molecule has 1 aromatic rings. The van der Waals surface area contributed by atoms with Crippen LogP contribution in [0.2, 0.25) is 0 Å². The summed E-state index contributed by atoms with van der Waals surface area (Å²) in [4.78, 5) is 0. The Kier molecular flexibility index (Phi) is 3.66. The van der Waals surface area contributed by atoms with Gasteiger partial charge in [0.05, 0.1) is 11.1 Å². The standard InChI is InChI=1S/C9H9BrF2O/c1-2-5-13-9-7(11)4-3-6(10)8(9)12/h3-4H,2,5H2,1H3. The lowest BCUT2D eigenvalue weighted by atomic mass is 10.3. The average Bonchev–Trinajstić information content (AvgIpc) is 2.12. The van der Waals surface area contributed by atoms with Crippen LogP contribution in [-0.4, -0.2) is 6.61 Å². The lowest BCUT2D eigenvalue weighted by Crippen LogP contribution is -2.00. The summed E-state index contributed by atoms with van der Waals surface area (Å²) >= 11 is 2.95. The molecule has 4 heteroatoms. The quantitative estimate of drug-likeness (QED) is 0.747. The van der Waals surface area contributed by atoms with Crippen molar-refractivity contribution in [2.45, 2.75) is 13.3 Å². The third-order valence-corrected chi connectivity index (χ3v) is 2.06. The molecule has 0 aliphatic rings. The van der Waals surface area contributed by atoms with Gasteiger partial charge in [-0.15, -0.1) is 0 Å². The summed E-state index contributed by atoms with van der Waals surface area (Å²) in [6.07, 6.45) is 0.714. The van der Waals surface area contributed by atoms with Gasteiger partial charge in [0.1, 0.15) is 0 Å². The van der Waals surface area contributed by atoms with Crippen molar-refractivity contribution < 1.29 is 13.5 Å². The highest BCUT2D eigenvalue weighted by Gasteiger charge is 2.12. The minimum atomic E-state index is -0.687. The summed E-state index contributed by atoms with van der Waals surface area (Å²) in [6, 6.07) is 2.47. The van der Waals surface area contributed by atoms with Gasteiger partial charge in [0, 0.05) is 0 Å². The molecular weight excluding hydrogens is 242 g/mol. The van der Waals surface area contributed by atoms with Crippen LogP contribution in [0.15, 0.2) is 16.6 Å². The maximum atomic E-state index is 13.2. The highest BCUT2D eigenvalue weighted by atomic mass is 79.9. The van der Waals surface area contributed by atoms with E-state index in [1.54, 1.807) is 0 Å². The molecule has 1 aromatic carbocycles. The Bertz CT molecular complexity index is 302. The van der Waals surface area contributed by atoms with Crippen LogP contribution in [0.1, 0.15) is 13.3 Å². The lowest BCUT2D eigenvalue weighted by Gasteiger charge is -2.07. The van der Waals surface area contributed by atoms with Crippen LogP contribution in [0.3, 0.4) is 0 Å². The van der Waals surface area contributed by atoms with Crippen molar-refractivity contribution in [2.75, 3.05) is 6.61 Å². The zero-order chi connectivity index (χ0) is 9.84. The van der Waals surface area contributed by atoms with Crippen molar-refractivity contribution in [3.8, 4) is 5.75 Å². The van der Waals surface area contributed by atoms with Crippen LogP contribution < -0.4 is 4.74 Å². The van der Waals surface area contributed by atoms with E-state index >= 15 is 0 Å². The molecule has 0 saturated carbocycles. The van der Waals surface area contributed by atoms with Crippen molar-refractivity contribution in [3.05, 3.63) is 28.2 Å². The number of hydrogen-bond acceptors (Lipinski definition) is 1. The molecule has 0 aliphatic carbocycles. The van der Waals surface area contributed by atoms with Gasteiger partial charge in [0.15, 0.2) is 17.4 Å². The van der Waals surface area contributed by atoms with E-state index in [4.69, 9.17) is 4.74 Å². The Labute approximate surface area is 83.8 Å². The predicted octanol–water partition coefficient (Wildman–Crippen LogP) is 3.52. The first-order valence-electron chi connectivity index (χ1n) is 3.93. The fourth-order valence-corrected chi connectivity index (χ4v) is 1.16. The second-order valence-corrected chi connectivity index (χ2v) is 3.38. The van der Waals surface area contributed by atoms with E-state index < -0.39 is 11.6 Å². The first-order chi connectivity index (χ1) is 6.16. The first-order valence-corrected chi connectivity index (χ1v) is 4.72. The molecule has 0 amide bonds. The zero-order valence-electron chi connectivity index (χ0n) is 7.11. The van der Waals surface area contributed by atoms with Gasteiger partial charge in [-0.05, 0) is 34.5 Å². The third kappa shape index (κ3) is 2.40.